The van der Waals surface area contributed by atoms with Crippen LogP contribution in [0.15, 0.2) is 30.3 Å². The minimum atomic E-state index is -0.804. The van der Waals surface area contributed by atoms with Crippen LogP contribution in [0, 0.1) is 0 Å². The molecule has 1 saturated heterocycles. The third kappa shape index (κ3) is 3.31. The standard InChI is InChI=1S/C14H19NO3/c16-12-7-4-8-15(9-12)10-13(14(17)18)11-5-2-1-3-6-11/h1-3,5-6,12-13,16H,4,7-10H2,(H,17,18). The second kappa shape index (κ2) is 5.98. The zero-order valence-electron chi connectivity index (χ0n) is 10.3. The molecule has 0 bridgehead atoms. The molecule has 1 aromatic rings. The summed E-state index contributed by atoms with van der Waals surface area (Å²) in [6, 6.07) is 9.29. The smallest absolute Gasteiger partial charge is 0.312 e. The van der Waals surface area contributed by atoms with Gasteiger partial charge in [-0.25, -0.2) is 0 Å². The summed E-state index contributed by atoms with van der Waals surface area (Å²) in [7, 11) is 0. The number of aliphatic carboxylic acids is 1. The van der Waals surface area contributed by atoms with E-state index in [4.69, 9.17) is 0 Å². The number of β-amino-alcohol motifs (C(OH)–C–C–N with tert-alkyl or cyclic N) is 1. The van der Waals surface area contributed by atoms with Gasteiger partial charge in [-0.2, -0.15) is 0 Å². The number of hydrogen-bond donors (Lipinski definition) is 2. The fourth-order valence-corrected chi connectivity index (χ4v) is 2.47. The van der Waals surface area contributed by atoms with Crippen molar-refractivity contribution in [3.8, 4) is 0 Å². The molecule has 98 valence electrons. The molecule has 2 rings (SSSR count). The van der Waals surface area contributed by atoms with Gasteiger partial charge in [0.05, 0.1) is 12.0 Å². The molecule has 2 atom stereocenters. The van der Waals surface area contributed by atoms with Gasteiger partial charge in [0.25, 0.3) is 0 Å². The molecule has 1 heterocycles. The lowest BCUT2D eigenvalue weighted by Gasteiger charge is -2.31. The van der Waals surface area contributed by atoms with E-state index >= 15 is 0 Å². The normalized spacial score (nSPS) is 22.6. The Morgan fingerprint density at radius 2 is 2.11 bits per heavy atom. The molecule has 2 N–H and O–H groups in total. The average molecular weight is 249 g/mol. The highest BCUT2D eigenvalue weighted by Gasteiger charge is 2.25. The number of benzene rings is 1. The van der Waals surface area contributed by atoms with Gasteiger partial charge in [0.15, 0.2) is 0 Å². The molecule has 2 unspecified atom stereocenters. The molecule has 1 aliphatic rings. The van der Waals surface area contributed by atoms with Crippen LogP contribution in [-0.4, -0.2) is 46.8 Å². The summed E-state index contributed by atoms with van der Waals surface area (Å²) in [5, 5.41) is 18.9. The van der Waals surface area contributed by atoms with E-state index in [0.29, 0.717) is 13.1 Å². The summed E-state index contributed by atoms with van der Waals surface area (Å²) in [6.45, 7) is 1.92. The Balaban J connectivity index is 2.05. The second-order valence-electron chi connectivity index (χ2n) is 4.86. The molecule has 1 fully saturated rings. The quantitative estimate of drug-likeness (QED) is 0.844. The summed E-state index contributed by atoms with van der Waals surface area (Å²) < 4.78 is 0. The molecular weight excluding hydrogens is 230 g/mol. The lowest BCUT2D eigenvalue weighted by molar-refractivity contribution is -0.139. The summed E-state index contributed by atoms with van der Waals surface area (Å²) in [4.78, 5) is 13.4. The van der Waals surface area contributed by atoms with Crippen LogP contribution in [0.2, 0.25) is 0 Å². The number of aliphatic hydroxyl groups excluding tert-OH is 1. The van der Waals surface area contributed by atoms with Crippen molar-refractivity contribution < 1.29 is 15.0 Å². The molecule has 4 heteroatoms. The first-order valence-corrected chi connectivity index (χ1v) is 6.35. The maximum Gasteiger partial charge on any atom is 0.312 e. The maximum atomic E-state index is 11.4. The molecule has 0 radical (unpaired) electrons. The first kappa shape index (κ1) is 13.1. The van der Waals surface area contributed by atoms with Crippen LogP contribution < -0.4 is 0 Å². The van der Waals surface area contributed by atoms with Gasteiger partial charge in [0, 0.05) is 13.1 Å². The Bertz CT molecular complexity index is 393. The average Bonchev–Trinajstić information content (AvgIpc) is 2.37. The van der Waals surface area contributed by atoms with Gasteiger partial charge in [-0.15, -0.1) is 0 Å². The van der Waals surface area contributed by atoms with Gasteiger partial charge in [-0.1, -0.05) is 30.3 Å². The Morgan fingerprint density at radius 3 is 2.72 bits per heavy atom. The largest absolute Gasteiger partial charge is 0.481 e. The first-order valence-electron chi connectivity index (χ1n) is 6.35. The molecule has 4 nitrogen and oxygen atoms in total. The topological polar surface area (TPSA) is 60.8 Å². The van der Waals surface area contributed by atoms with Gasteiger partial charge < -0.3 is 10.2 Å². The predicted molar refractivity (Wildman–Crippen MR) is 68.5 cm³/mol. The Hall–Kier alpha value is -1.39. The second-order valence-corrected chi connectivity index (χ2v) is 4.86. The molecule has 0 spiro atoms. The van der Waals surface area contributed by atoms with E-state index in [1.165, 1.54) is 0 Å². The van der Waals surface area contributed by atoms with Crippen molar-refractivity contribution >= 4 is 5.97 Å². The van der Waals surface area contributed by atoms with Crippen molar-refractivity contribution in [1.82, 2.24) is 4.90 Å². The van der Waals surface area contributed by atoms with E-state index in [2.05, 4.69) is 0 Å². The molecular formula is C14H19NO3. The van der Waals surface area contributed by atoms with E-state index in [-0.39, 0.29) is 6.10 Å². The van der Waals surface area contributed by atoms with Crippen molar-refractivity contribution in [2.45, 2.75) is 24.9 Å². The number of carboxylic acid groups (broad SMARTS) is 1. The van der Waals surface area contributed by atoms with Crippen LogP contribution in [0.1, 0.15) is 24.3 Å². The van der Waals surface area contributed by atoms with Crippen LogP contribution in [0.25, 0.3) is 0 Å². The number of carbonyl (C=O) groups is 1. The van der Waals surface area contributed by atoms with Crippen LogP contribution in [0.3, 0.4) is 0 Å². The highest BCUT2D eigenvalue weighted by atomic mass is 16.4. The Labute approximate surface area is 107 Å². The fraction of sp³-hybridized carbons (Fsp3) is 0.500. The van der Waals surface area contributed by atoms with Crippen molar-refractivity contribution in [3.63, 3.8) is 0 Å². The highest BCUT2D eigenvalue weighted by molar-refractivity contribution is 5.76. The van der Waals surface area contributed by atoms with Crippen molar-refractivity contribution in [2.24, 2.45) is 0 Å². The van der Waals surface area contributed by atoms with Crippen molar-refractivity contribution in [2.75, 3.05) is 19.6 Å². The lowest BCUT2D eigenvalue weighted by atomic mass is 9.97. The maximum absolute atomic E-state index is 11.4. The summed E-state index contributed by atoms with van der Waals surface area (Å²) in [5.74, 6) is -1.32. The van der Waals surface area contributed by atoms with Crippen molar-refractivity contribution in [3.05, 3.63) is 35.9 Å². The van der Waals surface area contributed by atoms with Crippen LogP contribution in [0.4, 0.5) is 0 Å². The SMILES string of the molecule is O=C(O)C(CN1CCCC(O)C1)c1ccccc1. The van der Waals surface area contributed by atoms with E-state index in [0.717, 1.165) is 24.9 Å². The number of nitrogens with zero attached hydrogens (tertiary/aromatic N) is 1. The third-order valence-corrected chi connectivity index (χ3v) is 3.42. The summed E-state index contributed by atoms with van der Waals surface area (Å²) in [5.41, 5.74) is 0.824. The van der Waals surface area contributed by atoms with Crippen LogP contribution >= 0.6 is 0 Å². The number of rotatable bonds is 4. The summed E-state index contributed by atoms with van der Waals surface area (Å²) in [6.07, 6.45) is 1.44. The minimum absolute atomic E-state index is 0.316. The van der Waals surface area contributed by atoms with Gasteiger partial charge in [-0.05, 0) is 24.9 Å². The van der Waals surface area contributed by atoms with E-state index in [9.17, 15) is 15.0 Å². The molecule has 0 amide bonds. The van der Waals surface area contributed by atoms with Crippen molar-refractivity contribution in [1.29, 1.82) is 0 Å². The van der Waals surface area contributed by atoms with Gasteiger partial charge in [0.2, 0.25) is 0 Å². The minimum Gasteiger partial charge on any atom is -0.481 e. The van der Waals surface area contributed by atoms with E-state index < -0.39 is 11.9 Å². The van der Waals surface area contributed by atoms with Crippen LogP contribution in [-0.2, 0) is 4.79 Å². The molecule has 18 heavy (non-hydrogen) atoms. The zero-order valence-corrected chi connectivity index (χ0v) is 10.3. The monoisotopic (exact) mass is 249 g/mol. The number of piperidine rings is 1. The van der Waals surface area contributed by atoms with Crippen LogP contribution in [0.5, 0.6) is 0 Å². The number of likely N-dealkylation sites (tertiary alicyclic amines) is 1. The fourth-order valence-electron chi connectivity index (χ4n) is 2.47. The summed E-state index contributed by atoms with van der Waals surface area (Å²) >= 11 is 0. The number of aliphatic hydroxyl groups is 1. The molecule has 0 aromatic heterocycles. The third-order valence-electron chi connectivity index (χ3n) is 3.42. The first-order chi connectivity index (χ1) is 8.66. The Kier molecular flexibility index (Phi) is 4.33. The lowest BCUT2D eigenvalue weighted by Crippen LogP contribution is -2.41. The number of carboxylic acids is 1. The Morgan fingerprint density at radius 1 is 1.39 bits per heavy atom. The highest BCUT2D eigenvalue weighted by Crippen LogP contribution is 2.20. The van der Waals surface area contributed by atoms with Gasteiger partial charge >= 0.3 is 5.97 Å². The molecule has 1 aromatic carbocycles. The van der Waals surface area contributed by atoms with Gasteiger partial charge in [-0.3, -0.25) is 9.69 Å². The molecule has 0 saturated carbocycles. The molecule has 0 aliphatic carbocycles. The van der Waals surface area contributed by atoms with Gasteiger partial charge in [0.1, 0.15) is 0 Å². The number of hydrogen-bond acceptors (Lipinski definition) is 3. The predicted octanol–water partition coefficient (Wildman–Crippen LogP) is 1.31. The van der Waals surface area contributed by atoms with E-state index in [1.807, 2.05) is 35.2 Å². The van der Waals surface area contributed by atoms with E-state index in [1.54, 1.807) is 0 Å². The molecule has 1 aliphatic heterocycles. The zero-order chi connectivity index (χ0) is 13.0.